The molecule has 0 radical (unpaired) electrons. The van der Waals surface area contributed by atoms with Gasteiger partial charge in [0.05, 0.1) is 18.2 Å². The maximum Gasteiger partial charge on any atom is 0.344 e. The molecule has 0 saturated carbocycles. The predicted molar refractivity (Wildman–Crippen MR) is 119 cm³/mol. The molecule has 6 nitrogen and oxygen atoms in total. The summed E-state index contributed by atoms with van der Waals surface area (Å²) < 4.78 is 11.2. The molecule has 1 aromatic rings. The lowest BCUT2D eigenvalue weighted by molar-refractivity contribution is -0.145. The highest BCUT2D eigenvalue weighted by Crippen LogP contribution is 2.57. The number of hydrogen-bond acceptors (Lipinski definition) is 5. The van der Waals surface area contributed by atoms with E-state index in [1.807, 2.05) is 6.07 Å². The monoisotopic (exact) mass is 467 g/mol. The minimum absolute atomic E-state index is 0.105. The maximum atomic E-state index is 12.1. The highest BCUT2D eigenvalue weighted by Gasteiger charge is 2.45. The molecule has 0 amide bonds. The molecule has 1 aliphatic heterocycles. The summed E-state index contributed by atoms with van der Waals surface area (Å²) in [4.78, 5) is 26.1. The Kier molecular flexibility index (Phi) is 6.63. The molecule has 2 atom stereocenters. The Balaban J connectivity index is 1.59. The smallest absolute Gasteiger partial charge is 0.344 e. The number of nitrogens with zero attached hydrogens (tertiary/aromatic N) is 1. The Morgan fingerprint density at radius 3 is 2.74 bits per heavy atom. The average Bonchev–Trinajstić information content (AvgIpc) is 3.09. The molecule has 1 fully saturated rings. The van der Waals surface area contributed by atoms with E-state index in [0.717, 1.165) is 49.1 Å². The minimum atomic E-state index is -1.03. The zero-order valence-corrected chi connectivity index (χ0v) is 19.1. The van der Waals surface area contributed by atoms with Crippen molar-refractivity contribution in [1.82, 2.24) is 4.90 Å². The molecular weight excluding hydrogens is 441 g/mol. The van der Waals surface area contributed by atoms with Gasteiger partial charge in [-0.3, -0.25) is 9.69 Å². The first-order valence-electron chi connectivity index (χ1n) is 10.8. The van der Waals surface area contributed by atoms with Crippen LogP contribution in [0.1, 0.15) is 43.7 Å². The molecule has 1 heterocycles. The van der Waals surface area contributed by atoms with E-state index in [1.54, 1.807) is 6.08 Å². The van der Waals surface area contributed by atoms with Crippen LogP contribution >= 0.6 is 23.2 Å². The first-order valence-corrected chi connectivity index (χ1v) is 11.6. The quantitative estimate of drug-likeness (QED) is 0.645. The van der Waals surface area contributed by atoms with Crippen LogP contribution in [-0.2, 0) is 20.7 Å². The predicted octanol–water partition coefficient (Wildman–Crippen LogP) is 4.25. The van der Waals surface area contributed by atoms with Gasteiger partial charge < -0.3 is 14.6 Å². The normalized spacial score (nSPS) is 24.4. The van der Waals surface area contributed by atoms with Gasteiger partial charge in [0, 0.05) is 43.5 Å². The maximum absolute atomic E-state index is 12.1. The van der Waals surface area contributed by atoms with Crippen molar-refractivity contribution in [3.63, 3.8) is 0 Å². The number of carboxylic acid groups (broad SMARTS) is 1. The van der Waals surface area contributed by atoms with E-state index in [1.165, 1.54) is 0 Å². The summed E-state index contributed by atoms with van der Waals surface area (Å²) in [6, 6.07) is 1.81. The van der Waals surface area contributed by atoms with Crippen molar-refractivity contribution < 1.29 is 24.2 Å². The molecule has 0 bridgehead atoms. The molecule has 1 saturated heterocycles. The van der Waals surface area contributed by atoms with E-state index in [-0.39, 0.29) is 22.0 Å². The molecule has 168 valence electrons. The van der Waals surface area contributed by atoms with Gasteiger partial charge in [-0.1, -0.05) is 30.1 Å². The summed E-state index contributed by atoms with van der Waals surface area (Å²) in [6.07, 6.45) is 3.97. The fraction of sp³-hybridized carbons (Fsp3) is 0.565. The number of allylic oxidation sites excluding steroid dienone is 2. The van der Waals surface area contributed by atoms with Gasteiger partial charge in [0.2, 0.25) is 0 Å². The third-order valence-electron chi connectivity index (χ3n) is 6.81. The number of ether oxygens (including phenoxy) is 2. The zero-order valence-electron chi connectivity index (χ0n) is 17.6. The van der Waals surface area contributed by atoms with Crippen LogP contribution in [0.3, 0.4) is 0 Å². The van der Waals surface area contributed by atoms with Crippen molar-refractivity contribution in [3.05, 3.63) is 33.3 Å². The van der Waals surface area contributed by atoms with Gasteiger partial charge in [-0.25, -0.2) is 4.79 Å². The standard InChI is InChI=1S/C23H27Cl2NO5/c1-2-23-5-3-15(27)12-16(23)19-14(13-23)11-18(20(24)21(19)25)31-17(22(28)29)4-6-26-7-9-30-10-8-26/h11-12,17H,2-10,13H2,1H3,(H,28,29). The Hall–Kier alpha value is -1.60. The topological polar surface area (TPSA) is 76.1 Å². The van der Waals surface area contributed by atoms with Crippen LogP contribution in [0, 0.1) is 5.41 Å². The van der Waals surface area contributed by atoms with Crippen LogP contribution in [0.25, 0.3) is 5.57 Å². The molecule has 0 spiro atoms. The first-order chi connectivity index (χ1) is 14.8. The summed E-state index contributed by atoms with van der Waals surface area (Å²) in [5.41, 5.74) is 2.62. The molecule has 1 N–H and O–H groups in total. The molecule has 31 heavy (non-hydrogen) atoms. The van der Waals surface area contributed by atoms with Crippen LogP contribution in [0.2, 0.25) is 10.0 Å². The number of aliphatic carboxylic acids is 1. The SMILES string of the molecule is CCC12CCC(=O)C=C1c1c(cc(OC(CCN3CCOCC3)C(=O)O)c(Cl)c1Cl)C2. The average molecular weight is 468 g/mol. The Morgan fingerprint density at radius 1 is 1.32 bits per heavy atom. The Labute approximate surface area is 192 Å². The third kappa shape index (κ3) is 4.36. The number of carboxylic acids is 1. The van der Waals surface area contributed by atoms with E-state index in [0.29, 0.717) is 37.6 Å². The van der Waals surface area contributed by atoms with Crippen LogP contribution in [-0.4, -0.2) is 60.7 Å². The van der Waals surface area contributed by atoms with Crippen molar-refractivity contribution in [2.45, 2.75) is 45.1 Å². The minimum Gasteiger partial charge on any atom is -0.479 e. The molecule has 1 aromatic carbocycles. The third-order valence-corrected chi connectivity index (χ3v) is 7.66. The fourth-order valence-corrected chi connectivity index (χ4v) is 5.45. The summed E-state index contributed by atoms with van der Waals surface area (Å²) in [6.45, 7) is 5.60. The second-order valence-corrected chi connectivity index (χ2v) is 9.32. The lowest BCUT2D eigenvalue weighted by Gasteiger charge is -2.32. The van der Waals surface area contributed by atoms with Crippen LogP contribution < -0.4 is 4.74 Å². The molecule has 2 unspecified atom stereocenters. The van der Waals surface area contributed by atoms with E-state index < -0.39 is 12.1 Å². The van der Waals surface area contributed by atoms with Crippen LogP contribution in [0.4, 0.5) is 0 Å². The number of carbonyl (C=O) groups is 2. The number of benzene rings is 1. The van der Waals surface area contributed by atoms with Crippen molar-refractivity contribution in [2.24, 2.45) is 5.41 Å². The van der Waals surface area contributed by atoms with Crippen LogP contribution in [0.5, 0.6) is 5.75 Å². The lowest BCUT2D eigenvalue weighted by atomic mass is 9.71. The van der Waals surface area contributed by atoms with Gasteiger partial charge in [-0.15, -0.1) is 0 Å². The van der Waals surface area contributed by atoms with Crippen molar-refractivity contribution >= 4 is 40.5 Å². The lowest BCUT2D eigenvalue weighted by Crippen LogP contribution is -2.39. The Morgan fingerprint density at radius 2 is 2.06 bits per heavy atom. The second-order valence-electron chi connectivity index (χ2n) is 8.56. The number of halogens is 2. The first kappa shape index (κ1) is 22.6. The molecule has 3 aliphatic rings. The second kappa shape index (κ2) is 9.10. The van der Waals surface area contributed by atoms with E-state index >= 15 is 0 Å². The Bertz CT molecular complexity index is 925. The number of morpholine rings is 1. The highest BCUT2D eigenvalue weighted by molar-refractivity contribution is 6.44. The summed E-state index contributed by atoms with van der Waals surface area (Å²) in [5, 5.41) is 10.2. The van der Waals surface area contributed by atoms with E-state index in [9.17, 15) is 14.7 Å². The van der Waals surface area contributed by atoms with Gasteiger partial charge in [0.25, 0.3) is 0 Å². The summed E-state index contributed by atoms with van der Waals surface area (Å²) >= 11 is 13.2. The van der Waals surface area contributed by atoms with Crippen molar-refractivity contribution in [1.29, 1.82) is 0 Å². The van der Waals surface area contributed by atoms with E-state index in [4.69, 9.17) is 32.7 Å². The van der Waals surface area contributed by atoms with Gasteiger partial charge in [-0.05, 0) is 42.5 Å². The largest absolute Gasteiger partial charge is 0.479 e. The summed E-state index contributed by atoms with van der Waals surface area (Å²) in [7, 11) is 0. The van der Waals surface area contributed by atoms with Gasteiger partial charge in [0.15, 0.2) is 11.9 Å². The molecule has 8 heteroatoms. The molecular formula is C23H27Cl2NO5. The van der Waals surface area contributed by atoms with Gasteiger partial charge in [0.1, 0.15) is 10.8 Å². The summed E-state index contributed by atoms with van der Waals surface area (Å²) in [5.74, 6) is -0.641. The molecule has 2 aliphatic carbocycles. The number of fused-ring (bicyclic) bond motifs is 3. The number of hydrogen-bond donors (Lipinski definition) is 1. The van der Waals surface area contributed by atoms with Gasteiger partial charge >= 0.3 is 5.97 Å². The highest BCUT2D eigenvalue weighted by atomic mass is 35.5. The van der Waals surface area contributed by atoms with Crippen molar-refractivity contribution in [2.75, 3.05) is 32.8 Å². The molecule has 4 rings (SSSR count). The van der Waals surface area contributed by atoms with E-state index in [2.05, 4.69) is 11.8 Å². The van der Waals surface area contributed by atoms with Gasteiger partial charge in [-0.2, -0.15) is 0 Å². The number of rotatable bonds is 7. The zero-order chi connectivity index (χ0) is 22.2. The van der Waals surface area contributed by atoms with Crippen LogP contribution in [0.15, 0.2) is 12.1 Å². The van der Waals surface area contributed by atoms with Crippen molar-refractivity contribution in [3.8, 4) is 5.75 Å². The number of ketones is 1. The number of carbonyl (C=O) groups excluding carboxylic acids is 1. The fourth-order valence-electron chi connectivity index (χ4n) is 4.94. The molecule has 0 aromatic heterocycles.